The van der Waals surface area contributed by atoms with Crippen molar-refractivity contribution in [2.75, 3.05) is 5.32 Å². The molecule has 0 bridgehead atoms. The molecule has 2 aromatic carbocycles. The molecule has 32 heavy (non-hydrogen) atoms. The molecule has 2 heterocycles. The van der Waals surface area contributed by atoms with Gasteiger partial charge in [0.2, 0.25) is 5.91 Å². The maximum Gasteiger partial charge on any atom is 0.296 e. The number of anilines is 1. The van der Waals surface area contributed by atoms with Gasteiger partial charge in [0.25, 0.3) is 11.5 Å². The minimum absolute atomic E-state index is 0.124. The summed E-state index contributed by atoms with van der Waals surface area (Å²) < 4.78 is 1.18. The third kappa shape index (κ3) is 4.65. The van der Waals surface area contributed by atoms with Crippen LogP contribution in [-0.2, 0) is 11.3 Å². The van der Waals surface area contributed by atoms with Crippen molar-refractivity contribution in [1.29, 1.82) is 0 Å². The lowest BCUT2D eigenvalue weighted by atomic mass is 10.0. The van der Waals surface area contributed by atoms with Crippen LogP contribution in [0, 0.1) is 0 Å². The standard InChI is InChI=1S/C24H21N5O3/c1-16(30)28-21-15-27-29(24(21)32)22-11-10-20(14-25-22)23(31)26-13-17-6-5-9-19(12-17)18-7-3-2-4-8-18/h2-12,14-15,27H,13H2,1H3,(H,26,31)(H,28,30). The molecule has 0 unspecified atom stereocenters. The minimum Gasteiger partial charge on any atom is -0.348 e. The zero-order valence-electron chi connectivity index (χ0n) is 17.3. The van der Waals surface area contributed by atoms with Crippen LogP contribution in [0.3, 0.4) is 0 Å². The van der Waals surface area contributed by atoms with Crippen LogP contribution in [0.5, 0.6) is 0 Å². The van der Waals surface area contributed by atoms with Crippen molar-refractivity contribution in [2.24, 2.45) is 0 Å². The monoisotopic (exact) mass is 427 g/mol. The number of hydrogen-bond donors (Lipinski definition) is 3. The first-order chi connectivity index (χ1) is 15.5. The van der Waals surface area contributed by atoms with Gasteiger partial charge in [0, 0.05) is 25.9 Å². The number of amides is 2. The molecule has 0 spiro atoms. The number of pyridine rings is 1. The third-order valence-corrected chi connectivity index (χ3v) is 4.81. The van der Waals surface area contributed by atoms with E-state index in [2.05, 4.69) is 20.7 Å². The van der Waals surface area contributed by atoms with Crippen LogP contribution in [0.1, 0.15) is 22.8 Å². The number of carbonyl (C=O) groups excluding carboxylic acids is 2. The van der Waals surface area contributed by atoms with Gasteiger partial charge in [0.15, 0.2) is 5.82 Å². The Morgan fingerprint density at radius 2 is 1.78 bits per heavy atom. The van der Waals surface area contributed by atoms with Gasteiger partial charge in [0.1, 0.15) is 5.69 Å². The Balaban J connectivity index is 1.42. The summed E-state index contributed by atoms with van der Waals surface area (Å²) in [6.07, 6.45) is 2.78. The lowest BCUT2D eigenvalue weighted by Gasteiger charge is -2.08. The molecule has 0 fully saturated rings. The summed E-state index contributed by atoms with van der Waals surface area (Å²) in [5.74, 6) is -0.312. The van der Waals surface area contributed by atoms with Crippen molar-refractivity contribution < 1.29 is 9.59 Å². The molecule has 2 aromatic heterocycles. The SMILES string of the molecule is CC(=O)Nc1c[nH]n(-c2ccc(C(=O)NCc3cccc(-c4ccccc4)c3)cn2)c1=O. The van der Waals surface area contributed by atoms with E-state index in [-0.39, 0.29) is 17.5 Å². The molecule has 8 heteroatoms. The highest BCUT2D eigenvalue weighted by atomic mass is 16.2. The summed E-state index contributed by atoms with van der Waals surface area (Å²) in [6, 6.07) is 21.2. The van der Waals surface area contributed by atoms with Crippen molar-refractivity contribution in [2.45, 2.75) is 13.5 Å². The van der Waals surface area contributed by atoms with E-state index >= 15 is 0 Å². The summed E-state index contributed by atoms with van der Waals surface area (Å²) in [7, 11) is 0. The highest BCUT2D eigenvalue weighted by Gasteiger charge is 2.11. The average molecular weight is 427 g/mol. The van der Waals surface area contributed by atoms with E-state index in [0.29, 0.717) is 17.9 Å². The molecule has 8 nitrogen and oxygen atoms in total. The number of aromatic amines is 1. The van der Waals surface area contributed by atoms with Gasteiger partial charge in [-0.05, 0) is 34.9 Å². The molecule has 0 aliphatic heterocycles. The summed E-state index contributed by atoms with van der Waals surface area (Å²) >= 11 is 0. The van der Waals surface area contributed by atoms with E-state index in [1.54, 1.807) is 12.1 Å². The Kier molecular flexibility index (Phi) is 5.94. The predicted octanol–water partition coefficient (Wildman–Crippen LogP) is 3.12. The van der Waals surface area contributed by atoms with Crippen molar-refractivity contribution in [1.82, 2.24) is 20.1 Å². The van der Waals surface area contributed by atoms with Crippen molar-refractivity contribution in [3.05, 3.63) is 101 Å². The van der Waals surface area contributed by atoms with Crippen LogP contribution >= 0.6 is 0 Å². The topological polar surface area (TPSA) is 109 Å². The fourth-order valence-corrected chi connectivity index (χ4v) is 3.25. The zero-order chi connectivity index (χ0) is 22.5. The molecule has 0 saturated heterocycles. The molecule has 2 amide bonds. The summed E-state index contributed by atoms with van der Waals surface area (Å²) in [6.45, 7) is 1.69. The second-order valence-electron chi connectivity index (χ2n) is 7.16. The predicted molar refractivity (Wildman–Crippen MR) is 122 cm³/mol. The van der Waals surface area contributed by atoms with Crippen LogP contribution in [0.4, 0.5) is 5.69 Å². The maximum absolute atomic E-state index is 12.5. The fourth-order valence-electron chi connectivity index (χ4n) is 3.25. The lowest BCUT2D eigenvalue weighted by molar-refractivity contribution is -0.114. The van der Waals surface area contributed by atoms with Crippen molar-refractivity contribution in [3.8, 4) is 16.9 Å². The molecule has 0 atom stereocenters. The third-order valence-electron chi connectivity index (χ3n) is 4.81. The van der Waals surface area contributed by atoms with E-state index < -0.39 is 5.56 Å². The second kappa shape index (κ2) is 9.13. The first-order valence-electron chi connectivity index (χ1n) is 9.98. The summed E-state index contributed by atoms with van der Waals surface area (Å²) in [4.78, 5) is 40.2. The quantitative estimate of drug-likeness (QED) is 0.439. The largest absolute Gasteiger partial charge is 0.348 e. The van der Waals surface area contributed by atoms with Crippen molar-refractivity contribution in [3.63, 3.8) is 0 Å². The number of nitrogens with one attached hydrogen (secondary N) is 3. The highest BCUT2D eigenvalue weighted by molar-refractivity contribution is 5.94. The number of benzene rings is 2. The van der Waals surface area contributed by atoms with Crippen LogP contribution in [0.25, 0.3) is 16.9 Å². The number of hydrogen-bond acceptors (Lipinski definition) is 4. The van der Waals surface area contributed by atoms with Gasteiger partial charge in [-0.1, -0.05) is 48.5 Å². The molecule has 3 N–H and O–H groups in total. The van der Waals surface area contributed by atoms with Gasteiger partial charge in [-0.2, -0.15) is 4.68 Å². The van der Waals surface area contributed by atoms with E-state index in [4.69, 9.17) is 0 Å². The minimum atomic E-state index is -0.441. The lowest BCUT2D eigenvalue weighted by Crippen LogP contribution is -2.23. The molecule has 160 valence electrons. The van der Waals surface area contributed by atoms with Crippen molar-refractivity contribution >= 4 is 17.5 Å². The van der Waals surface area contributed by atoms with E-state index in [1.807, 2.05) is 54.6 Å². The average Bonchev–Trinajstić information content (AvgIpc) is 3.17. The Hall–Kier alpha value is -4.46. The molecule has 4 aromatic rings. The second-order valence-corrected chi connectivity index (χ2v) is 7.16. The van der Waals surface area contributed by atoms with E-state index in [9.17, 15) is 14.4 Å². The summed E-state index contributed by atoms with van der Waals surface area (Å²) in [5.41, 5.74) is 3.23. The van der Waals surface area contributed by atoms with Gasteiger partial charge in [0.05, 0.1) is 5.56 Å². The Morgan fingerprint density at radius 1 is 1.00 bits per heavy atom. The van der Waals surface area contributed by atoms with Crippen LogP contribution in [0.15, 0.2) is 83.9 Å². The first kappa shape index (κ1) is 20.8. The number of rotatable bonds is 6. The summed E-state index contributed by atoms with van der Waals surface area (Å²) in [5, 5.41) is 8.07. The fraction of sp³-hybridized carbons (Fsp3) is 0.0833. The Labute approximate surface area is 183 Å². The zero-order valence-corrected chi connectivity index (χ0v) is 17.3. The number of carbonyl (C=O) groups is 2. The normalized spacial score (nSPS) is 10.5. The van der Waals surface area contributed by atoms with Gasteiger partial charge in [-0.3, -0.25) is 19.5 Å². The number of H-pyrrole nitrogens is 1. The Morgan fingerprint density at radius 3 is 2.50 bits per heavy atom. The maximum atomic E-state index is 12.5. The van der Waals surface area contributed by atoms with Gasteiger partial charge in [-0.15, -0.1) is 0 Å². The smallest absolute Gasteiger partial charge is 0.296 e. The highest BCUT2D eigenvalue weighted by Crippen LogP contribution is 2.20. The van der Waals surface area contributed by atoms with Gasteiger partial charge < -0.3 is 10.6 Å². The molecule has 4 rings (SSSR count). The van der Waals surface area contributed by atoms with Crippen LogP contribution in [0.2, 0.25) is 0 Å². The molecule has 0 saturated carbocycles. The molecule has 0 radical (unpaired) electrons. The Bertz CT molecular complexity index is 1310. The number of nitrogens with zero attached hydrogens (tertiary/aromatic N) is 2. The molecule has 0 aliphatic rings. The van der Waals surface area contributed by atoms with Crippen LogP contribution in [-0.4, -0.2) is 26.6 Å². The van der Waals surface area contributed by atoms with E-state index in [0.717, 1.165) is 16.7 Å². The van der Waals surface area contributed by atoms with E-state index in [1.165, 1.54) is 24.0 Å². The van der Waals surface area contributed by atoms with Gasteiger partial charge in [-0.25, -0.2) is 4.98 Å². The van der Waals surface area contributed by atoms with Crippen LogP contribution < -0.4 is 16.2 Å². The number of aromatic nitrogens is 3. The molecular weight excluding hydrogens is 406 g/mol. The molecule has 0 aliphatic carbocycles. The van der Waals surface area contributed by atoms with Gasteiger partial charge >= 0.3 is 0 Å². The molecular formula is C24H21N5O3. The first-order valence-corrected chi connectivity index (χ1v) is 9.98.